The molecule has 0 aliphatic heterocycles. The molecule has 66 valence electrons. The molecule has 1 aromatic rings. The van der Waals surface area contributed by atoms with Crippen LogP contribution >= 0.6 is 0 Å². The third kappa shape index (κ3) is 2.13. The highest BCUT2D eigenvalue weighted by molar-refractivity contribution is 5.55. The van der Waals surface area contributed by atoms with Crippen LogP contribution in [0.5, 0.6) is 5.75 Å². The van der Waals surface area contributed by atoms with Gasteiger partial charge in [0.25, 0.3) is 0 Å². The smallest absolute Gasteiger partial charge is 0.141 e. The quantitative estimate of drug-likeness (QED) is 0.703. The first kappa shape index (κ1) is 8.87. The lowest BCUT2D eigenvalue weighted by Gasteiger charge is -2.09. The Hall–Kier alpha value is -1.22. The fraction of sp³-hybridized carbons (Fsp3) is 0.333. The summed E-state index contributed by atoms with van der Waals surface area (Å²) in [5, 5.41) is 3.16. The van der Waals surface area contributed by atoms with Crippen molar-refractivity contribution in [2.45, 2.75) is 0 Å². The summed E-state index contributed by atoms with van der Waals surface area (Å²) in [6.07, 6.45) is 0. The molecular weight excluding hydrogens is 152 g/mol. The summed E-state index contributed by atoms with van der Waals surface area (Å²) in [5.74, 6) is 0.853. The van der Waals surface area contributed by atoms with Gasteiger partial charge in [-0.1, -0.05) is 12.1 Å². The van der Waals surface area contributed by atoms with E-state index in [1.165, 1.54) is 0 Å². The average molecular weight is 166 g/mol. The van der Waals surface area contributed by atoms with Crippen LogP contribution in [0.15, 0.2) is 24.3 Å². The van der Waals surface area contributed by atoms with Crippen molar-refractivity contribution in [1.82, 2.24) is 0 Å². The zero-order valence-electron chi connectivity index (χ0n) is 7.21. The van der Waals surface area contributed by atoms with Gasteiger partial charge in [0.1, 0.15) is 5.75 Å². The van der Waals surface area contributed by atoms with E-state index in [2.05, 4.69) is 5.32 Å². The van der Waals surface area contributed by atoms with E-state index in [1.807, 2.05) is 24.3 Å². The van der Waals surface area contributed by atoms with Crippen LogP contribution in [0.25, 0.3) is 0 Å². The molecule has 0 bridgehead atoms. The highest BCUT2D eigenvalue weighted by Crippen LogP contribution is 2.22. The molecule has 3 heteroatoms. The molecule has 0 heterocycles. The molecule has 0 unspecified atom stereocenters. The van der Waals surface area contributed by atoms with Gasteiger partial charge in [0.2, 0.25) is 0 Å². The maximum absolute atomic E-state index is 5.36. The predicted octanol–water partition coefficient (Wildman–Crippen LogP) is 1.07. The molecule has 0 fully saturated rings. The minimum atomic E-state index is 0.623. The fourth-order valence-electron chi connectivity index (χ4n) is 0.998. The van der Waals surface area contributed by atoms with Crippen LogP contribution in [-0.4, -0.2) is 20.2 Å². The van der Waals surface area contributed by atoms with E-state index in [1.54, 1.807) is 7.11 Å². The largest absolute Gasteiger partial charge is 0.495 e. The van der Waals surface area contributed by atoms with E-state index < -0.39 is 0 Å². The van der Waals surface area contributed by atoms with Crippen molar-refractivity contribution < 1.29 is 4.74 Å². The molecule has 1 aromatic carbocycles. The monoisotopic (exact) mass is 166 g/mol. The zero-order chi connectivity index (χ0) is 8.81. The Morgan fingerprint density at radius 1 is 1.42 bits per heavy atom. The van der Waals surface area contributed by atoms with Crippen molar-refractivity contribution in [2.75, 3.05) is 25.5 Å². The molecule has 1 rings (SSSR count). The average Bonchev–Trinajstić information content (AvgIpc) is 2.15. The zero-order valence-corrected chi connectivity index (χ0v) is 7.21. The Kier molecular flexibility index (Phi) is 3.41. The summed E-state index contributed by atoms with van der Waals surface area (Å²) in [5.41, 5.74) is 6.36. The lowest BCUT2D eigenvalue weighted by atomic mass is 10.3. The first-order chi connectivity index (χ1) is 5.88. The van der Waals surface area contributed by atoms with Crippen LogP contribution in [0, 0.1) is 0 Å². The third-order valence-corrected chi connectivity index (χ3v) is 1.57. The highest BCUT2D eigenvalue weighted by Gasteiger charge is 1.97. The number of nitrogens with two attached hydrogens (primary N) is 1. The number of rotatable bonds is 4. The lowest BCUT2D eigenvalue weighted by Crippen LogP contribution is -2.13. The van der Waals surface area contributed by atoms with Gasteiger partial charge >= 0.3 is 0 Å². The summed E-state index contributed by atoms with van der Waals surface area (Å²) in [6, 6.07) is 7.78. The van der Waals surface area contributed by atoms with Crippen molar-refractivity contribution in [3.05, 3.63) is 24.3 Å². The van der Waals surface area contributed by atoms with Crippen molar-refractivity contribution in [1.29, 1.82) is 0 Å². The van der Waals surface area contributed by atoms with E-state index in [0.717, 1.165) is 18.0 Å². The summed E-state index contributed by atoms with van der Waals surface area (Å²) in [6.45, 7) is 1.39. The van der Waals surface area contributed by atoms with Gasteiger partial charge in [-0.3, -0.25) is 0 Å². The van der Waals surface area contributed by atoms with Gasteiger partial charge in [0.15, 0.2) is 0 Å². The van der Waals surface area contributed by atoms with Crippen LogP contribution in [0.3, 0.4) is 0 Å². The summed E-state index contributed by atoms with van der Waals surface area (Å²) in [7, 11) is 1.66. The molecular formula is C9H14N2O. The number of ether oxygens (including phenoxy) is 1. The molecule has 0 atom stereocenters. The molecule has 3 N–H and O–H groups in total. The van der Waals surface area contributed by atoms with E-state index in [9.17, 15) is 0 Å². The molecule has 0 saturated carbocycles. The number of hydrogen-bond donors (Lipinski definition) is 2. The van der Waals surface area contributed by atoms with Gasteiger partial charge in [-0.15, -0.1) is 0 Å². The SMILES string of the molecule is COc1ccccc1NCCN. The van der Waals surface area contributed by atoms with Crippen molar-refractivity contribution in [3.8, 4) is 5.75 Å². The maximum Gasteiger partial charge on any atom is 0.141 e. The van der Waals surface area contributed by atoms with E-state index >= 15 is 0 Å². The molecule has 12 heavy (non-hydrogen) atoms. The van der Waals surface area contributed by atoms with Gasteiger partial charge < -0.3 is 15.8 Å². The van der Waals surface area contributed by atoms with Crippen LogP contribution in [0.1, 0.15) is 0 Å². The number of anilines is 1. The van der Waals surface area contributed by atoms with E-state index in [0.29, 0.717) is 6.54 Å². The summed E-state index contributed by atoms with van der Waals surface area (Å²) in [4.78, 5) is 0. The number of benzene rings is 1. The number of nitrogens with one attached hydrogen (secondary N) is 1. The first-order valence-electron chi connectivity index (χ1n) is 3.95. The van der Waals surface area contributed by atoms with E-state index in [4.69, 9.17) is 10.5 Å². The minimum Gasteiger partial charge on any atom is -0.495 e. The molecule has 0 saturated heterocycles. The van der Waals surface area contributed by atoms with Crippen molar-refractivity contribution >= 4 is 5.69 Å². The van der Waals surface area contributed by atoms with Crippen molar-refractivity contribution in [2.24, 2.45) is 5.73 Å². The van der Waals surface area contributed by atoms with Gasteiger partial charge in [0.05, 0.1) is 12.8 Å². The molecule has 0 spiro atoms. The Bertz CT molecular complexity index is 238. The van der Waals surface area contributed by atoms with E-state index in [-0.39, 0.29) is 0 Å². The predicted molar refractivity (Wildman–Crippen MR) is 50.5 cm³/mol. The molecule has 0 amide bonds. The minimum absolute atomic E-state index is 0.623. The molecule has 3 nitrogen and oxygen atoms in total. The van der Waals surface area contributed by atoms with Gasteiger partial charge in [-0.05, 0) is 12.1 Å². The Labute approximate surface area is 72.5 Å². The Balaban J connectivity index is 2.68. The van der Waals surface area contributed by atoms with Gasteiger partial charge in [-0.25, -0.2) is 0 Å². The number of methoxy groups -OCH3 is 1. The number of para-hydroxylation sites is 2. The van der Waals surface area contributed by atoms with Crippen LogP contribution < -0.4 is 15.8 Å². The molecule has 0 radical (unpaired) electrons. The maximum atomic E-state index is 5.36. The third-order valence-electron chi connectivity index (χ3n) is 1.57. The molecule has 0 aliphatic carbocycles. The summed E-state index contributed by atoms with van der Waals surface area (Å²) < 4.78 is 5.14. The van der Waals surface area contributed by atoms with Gasteiger partial charge in [-0.2, -0.15) is 0 Å². The van der Waals surface area contributed by atoms with Crippen molar-refractivity contribution in [3.63, 3.8) is 0 Å². The topological polar surface area (TPSA) is 47.3 Å². The number of hydrogen-bond acceptors (Lipinski definition) is 3. The molecule has 0 aliphatic rings. The van der Waals surface area contributed by atoms with Crippen LogP contribution in [-0.2, 0) is 0 Å². The second-order valence-corrected chi connectivity index (χ2v) is 2.42. The summed E-state index contributed by atoms with van der Waals surface area (Å²) >= 11 is 0. The normalized spacial score (nSPS) is 9.50. The highest BCUT2D eigenvalue weighted by atomic mass is 16.5. The second-order valence-electron chi connectivity index (χ2n) is 2.42. The Morgan fingerprint density at radius 2 is 2.17 bits per heavy atom. The van der Waals surface area contributed by atoms with Gasteiger partial charge in [0, 0.05) is 13.1 Å². The fourth-order valence-corrected chi connectivity index (χ4v) is 0.998. The Morgan fingerprint density at radius 3 is 2.83 bits per heavy atom. The second kappa shape index (κ2) is 4.62. The van der Waals surface area contributed by atoms with Crippen LogP contribution in [0.2, 0.25) is 0 Å². The van der Waals surface area contributed by atoms with Crippen LogP contribution in [0.4, 0.5) is 5.69 Å². The standard InChI is InChI=1S/C9H14N2O/c1-12-9-5-3-2-4-8(9)11-7-6-10/h2-5,11H,6-7,10H2,1H3. The first-order valence-corrected chi connectivity index (χ1v) is 3.95. The molecule has 0 aromatic heterocycles. The lowest BCUT2D eigenvalue weighted by molar-refractivity contribution is 0.416.